The molecule has 0 radical (unpaired) electrons. The summed E-state index contributed by atoms with van der Waals surface area (Å²) in [5.74, 6) is 1.52. The summed E-state index contributed by atoms with van der Waals surface area (Å²) in [6.45, 7) is 9.36. The van der Waals surface area contributed by atoms with E-state index in [-0.39, 0.29) is 5.56 Å². The van der Waals surface area contributed by atoms with Gasteiger partial charge in [-0.05, 0) is 56.7 Å². The molecule has 1 amide bonds. The molecule has 1 fully saturated rings. The Morgan fingerprint density at radius 2 is 2.03 bits per heavy atom. The lowest BCUT2D eigenvalue weighted by Crippen LogP contribution is -2.35. The van der Waals surface area contributed by atoms with E-state index in [0.29, 0.717) is 48.6 Å². The molecule has 0 saturated carbocycles. The van der Waals surface area contributed by atoms with Crippen molar-refractivity contribution in [2.24, 2.45) is 5.92 Å². The highest BCUT2D eigenvalue weighted by atomic mass is 32.1. The Bertz CT molecular complexity index is 1210. The van der Waals surface area contributed by atoms with Gasteiger partial charge in [-0.15, -0.1) is 5.10 Å². The van der Waals surface area contributed by atoms with Gasteiger partial charge in [-0.2, -0.15) is 4.52 Å². The summed E-state index contributed by atoms with van der Waals surface area (Å²) in [5, 5.41) is 8.07. The van der Waals surface area contributed by atoms with Crippen molar-refractivity contribution in [2.45, 2.75) is 40.0 Å². The number of fused-ring (bicyclic) bond motifs is 1. The highest BCUT2D eigenvalue weighted by Gasteiger charge is 2.22. The topological polar surface area (TPSA) is 98.1 Å². The second-order valence-corrected chi connectivity index (χ2v) is 9.34. The number of hydrogen-bond acceptors (Lipinski definition) is 8. The summed E-state index contributed by atoms with van der Waals surface area (Å²) < 4.78 is 12.5. The fraction of sp³-hybridized carbons (Fsp3) is 0.500. The van der Waals surface area contributed by atoms with Crippen molar-refractivity contribution in [3.05, 3.63) is 45.9 Å². The van der Waals surface area contributed by atoms with Gasteiger partial charge in [0.2, 0.25) is 10.1 Å². The zero-order valence-corrected chi connectivity index (χ0v) is 20.7. The summed E-state index contributed by atoms with van der Waals surface area (Å²) in [6.07, 6.45) is 4.24. The average Bonchev–Trinajstić information content (AvgIpc) is 3.27. The number of hydrogen-bond donors (Lipinski definition) is 1. The molecule has 3 heterocycles. The van der Waals surface area contributed by atoms with Crippen molar-refractivity contribution in [1.29, 1.82) is 0 Å². The lowest BCUT2D eigenvalue weighted by molar-refractivity contribution is 0.0952. The van der Waals surface area contributed by atoms with Crippen molar-refractivity contribution >= 4 is 27.3 Å². The van der Waals surface area contributed by atoms with Crippen molar-refractivity contribution in [3.63, 3.8) is 0 Å². The molecule has 1 atom stereocenters. The number of nitrogens with zero attached hydrogens (tertiary/aromatic N) is 4. The lowest BCUT2D eigenvalue weighted by Gasteiger charge is -2.30. The van der Waals surface area contributed by atoms with Crippen LogP contribution in [0.2, 0.25) is 0 Å². The smallest absolute Gasteiger partial charge is 0.288 e. The van der Waals surface area contributed by atoms with E-state index in [1.54, 1.807) is 0 Å². The third-order valence-electron chi connectivity index (χ3n) is 5.76. The van der Waals surface area contributed by atoms with Crippen LogP contribution in [0.3, 0.4) is 0 Å². The Morgan fingerprint density at radius 1 is 1.24 bits per heavy atom. The normalized spacial score (nSPS) is 16.0. The second-order valence-electron chi connectivity index (χ2n) is 8.40. The largest absolute Gasteiger partial charge is 0.490 e. The molecule has 0 unspecified atom stereocenters. The molecule has 1 saturated heterocycles. The van der Waals surface area contributed by atoms with E-state index in [4.69, 9.17) is 9.47 Å². The summed E-state index contributed by atoms with van der Waals surface area (Å²) >= 11 is 1.38. The van der Waals surface area contributed by atoms with Crippen molar-refractivity contribution in [2.75, 3.05) is 37.7 Å². The molecule has 0 spiro atoms. The van der Waals surface area contributed by atoms with Crippen molar-refractivity contribution in [3.8, 4) is 11.5 Å². The van der Waals surface area contributed by atoms with Crippen molar-refractivity contribution in [1.82, 2.24) is 19.9 Å². The van der Waals surface area contributed by atoms with Crippen LogP contribution in [-0.2, 0) is 6.42 Å². The third-order valence-corrected chi connectivity index (χ3v) is 6.74. The quantitative estimate of drug-likeness (QED) is 0.497. The predicted octanol–water partition coefficient (Wildman–Crippen LogP) is 3.16. The highest BCUT2D eigenvalue weighted by Crippen LogP contribution is 2.29. The first-order valence-electron chi connectivity index (χ1n) is 11.8. The van der Waals surface area contributed by atoms with Crippen LogP contribution in [-0.4, -0.2) is 53.4 Å². The zero-order valence-electron chi connectivity index (χ0n) is 19.9. The number of amides is 1. The minimum atomic E-state index is -0.455. The minimum absolute atomic E-state index is 0.0111. The molecule has 1 aliphatic heterocycles. The minimum Gasteiger partial charge on any atom is -0.490 e. The number of anilines is 1. The van der Waals surface area contributed by atoms with Gasteiger partial charge in [0.05, 0.1) is 13.2 Å². The first kappa shape index (κ1) is 24.0. The van der Waals surface area contributed by atoms with Crippen LogP contribution >= 0.6 is 11.3 Å². The Kier molecular flexibility index (Phi) is 7.66. The molecule has 10 heteroatoms. The van der Waals surface area contributed by atoms with Gasteiger partial charge in [-0.3, -0.25) is 9.59 Å². The Labute approximate surface area is 202 Å². The van der Waals surface area contributed by atoms with E-state index in [9.17, 15) is 9.59 Å². The van der Waals surface area contributed by atoms with E-state index in [2.05, 4.69) is 27.2 Å². The summed E-state index contributed by atoms with van der Waals surface area (Å²) in [5.41, 5.74) is 0.537. The van der Waals surface area contributed by atoms with Gasteiger partial charge in [-0.1, -0.05) is 24.3 Å². The van der Waals surface area contributed by atoms with Crippen LogP contribution in [0.1, 0.15) is 49.5 Å². The van der Waals surface area contributed by atoms with Crippen LogP contribution in [0.25, 0.3) is 4.96 Å². The Hall–Kier alpha value is -3.14. The maximum absolute atomic E-state index is 12.9. The first-order valence-corrected chi connectivity index (χ1v) is 12.6. The number of ether oxygens (including phenoxy) is 2. The molecule has 0 aliphatic carbocycles. The molecule has 182 valence electrons. The fourth-order valence-electron chi connectivity index (χ4n) is 4.09. The maximum Gasteiger partial charge on any atom is 0.288 e. The van der Waals surface area contributed by atoms with E-state index >= 15 is 0 Å². The fourth-order valence-corrected chi connectivity index (χ4v) is 4.99. The number of carbonyl (C=O) groups is 1. The Balaban J connectivity index is 1.42. The van der Waals surface area contributed by atoms with Crippen LogP contribution in [0.4, 0.5) is 5.13 Å². The predicted molar refractivity (Wildman–Crippen MR) is 133 cm³/mol. The van der Waals surface area contributed by atoms with Gasteiger partial charge >= 0.3 is 0 Å². The van der Waals surface area contributed by atoms with E-state index < -0.39 is 11.5 Å². The molecule has 1 aliphatic rings. The number of piperidine rings is 1. The Morgan fingerprint density at radius 3 is 2.79 bits per heavy atom. The molecule has 4 rings (SSSR count). The molecule has 1 aromatic carbocycles. The van der Waals surface area contributed by atoms with E-state index in [0.717, 1.165) is 30.2 Å². The second kappa shape index (κ2) is 10.9. The van der Waals surface area contributed by atoms with E-state index in [1.807, 2.05) is 32.0 Å². The number of carbonyl (C=O) groups excluding carboxylic acids is 1. The average molecular weight is 486 g/mol. The SMILES string of the molecule is CCOc1ccc(CCNC(=O)c2cnc3sc(N4CCC[C@H](C)C4)nn3c2=O)cc1OCC. The van der Waals surface area contributed by atoms with Crippen LogP contribution < -0.4 is 25.2 Å². The number of aromatic nitrogens is 3. The van der Waals surface area contributed by atoms with Gasteiger partial charge in [0.1, 0.15) is 5.56 Å². The molecule has 0 bridgehead atoms. The summed E-state index contributed by atoms with van der Waals surface area (Å²) in [7, 11) is 0. The molecule has 9 nitrogen and oxygen atoms in total. The van der Waals surface area contributed by atoms with Gasteiger partial charge in [0.25, 0.3) is 11.5 Å². The lowest BCUT2D eigenvalue weighted by atomic mass is 10.0. The molecular weight excluding hydrogens is 454 g/mol. The molecule has 34 heavy (non-hydrogen) atoms. The van der Waals surface area contributed by atoms with Crippen LogP contribution in [0.15, 0.2) is 29.2 Å². The van der Waals surface area contributed by atoms with Gasteiger partial charge in [0.15, 0.2) is 11.5 Å². The van der Waals surface area contributed by atoms with Gasteiger partial charge < -0.3 is 19.7 Å². The number of benzene rings is 1. The number of nitrogens with one attached hydrogen (secondary N) is 1. The number of rotatable bonds is 9. The van der Waals surface area contributed by atoms with Gasteiger partial charge in [0, 0.05) is 25.8 Å². The summed E-state index contributed by atoms with van der Waals surface area (Å²) in [6, 6.07) is 5.74. The molecule has 2 aromatic heterocycles. The first-order chi connectivity index (χ1) is 16.5. The third kappa shape index (κ3) is 5.32. The summed E-state index contributed by atoms with van der Waals surface area (Å²) in [4.78, 5) is 32.7. The maximum atomic E-state index is 12.9. The monoisotopic (exact) mass is 485 g/mol. The van der Waals surface area contributed by atoms with Crippen LogP contribution in [0.5, 0.6) is 11.5 Å². The van der Waals surface area contributed by atoms with Crippen molar-refractivity contribution < 1.29 is 14.3 Å². The van der Waals surface area contributed by atoms with Crippen LogP contribution in [0, 0.1) is 5.92 Å². The molecular formula is C24H31N5O4S. The zero-order chi connectivity index (χ0) is 24.1. The van der Waals surface area contributed by atoms with Gasteiger partial charge in [-0.25, -0.2) is 4.98 Å². The standard InChI is InChI=1S/C24H31N5O4S/c1-4-32-19-9-8-17(13-20(19)33-5-2)10-11-25-21(30)18-14-26-23-29(22(18)31)27-24(34-23)28-12-6-7-16(3)15-28/h8-9,13-14,16H,4-7,10-12,15H2,1-3H3,(H,25,30)/t16-/m0/s1. The molecule has 3 aromatic rings. The molecule has 1 N–H and O–H groups in total. The highest BCUT2D eigenvalue weighted by molar-refractivity contribution is 7.20. The van der Waals surface area contributed by atoms with E-state index in [1.165, 1.54) is 28.5 Å².